The van der Waals surface area contributed by atoms with E-state index in [1.807, 2.05) is 0 Å². The van der Waals surface area contributed by atoms with E-state index < -0.39 is 0 Å². The highest BCUT2D eigenvalue weighted by Crippen LogP contribution is 2.16. The van der Waals surface area contributed by atoms with Gasteiger partial charge in [0, 0.05) is 13.2 Å². The number of rotatable bonds is 8. The molecule has 0 aromatic heterocycles. The molecule has 1 heterocycles. The predicted octanol–water partition coefficient (Wildman–Crippen LogP) is 2.90. The molecule has 0 radical (unpaired) electrons. The molecule has 1 fully saturated rings. The van der Waals surface area contributed by atoms with E-state index in [1.165, 1.54) is 38.9 Å². The van der Waals surface area contributed by atoms with E-state index in [0.717, 1.165) is 18.9 Å². The third-order valence-electron chi connectivity index (χ3n) is 4.37. The lowest BCUT2D eigenvalue weighted by Gasteiger charge is -2.30. The first-order chi connectivity index (χ1) is 8.93. The van der Waals surface area contributed by atoms with Gasteiger partial charge in [-0.05, 0) is 78.6 Å². The van der Waals surface area contributed by atoms with Crippen LogP contribution in [-0.4, -0.2) is 49.8 Å². The molecule has 1 N–H and O–H groups in total. The van der Waals surface area contributed by atoms with Crippen molar-refractivity contribution in [2.75, 3.05) is 33.3 Å². The van der Waals surface area contributed by atoms with Crippen LogP contribution >= 0.6 is 0 Å². The van der Waals surface area contributed by atoms with Crippen molar-refractivity contribution in [3.63, 3.8) is 0 Å². The lowest BCUT2D eigenvalue weighted by molar-refractivity contribution is 0.00854. The highest BCUT2D eigenvalue weighted by Gasteiger charge is 2.20. The van der Waals surface area contributed by atoms with Crippen LogP contribution in [0.4, 0.5) is 0 Å². The second-order valence-corrected chi connectivity index (χ2v) is 6.90. The monoisotopic (exact) mass is 270 g/mol. The molecule has 1 saturated heterocycles. The summed E-state index contributed by atoms with van der Waals surface area (Å²) in [5.74, 6) is 0.936. The van der Waals surface area contributed by atoms with Gasteiger partial charge in [0.1, 0.15) is 0 Å². The lowest BCUT2D eigenvalue weighted by atomic mass is 9.99. The summed E-state index contributed by atoms with van der Waals surface area (Å²) in [6.07, 6.45) is 5.08. The van der Waals surface area contributed by atoms with E-state index in [0.29, 0.717) is 6.04 Å². The molecule has 1 aliphatic rings. The number of hydrogen-bond acceptors (Lipinski definition) is 3. The van der Waals surface area contributed by atoms with Crippen LogP contribution in [0.15, 0.2) is 0 Å². The SMILES string of the molecule is COC(C)(C)CC(C)NCCCN1CCC(C)CC1. The van der Waals surface area contributed by atoms with Gasteiger partial charge in [-0.2, -0.15) is 0 Å². The van der Waals surface area contributed by atoms with Gasteiger partial charge in [0.2, 0.25) is 0 Å². The number of nitrogens with one attached hydrogen (secondary N) is 1. The summed E-state index contributed by atoms with van der Waals surface area (Å²) in [7, 11) is 1.80. The van der Waals surface area contributed by atoms with E-state index in [4.69, 9.17) is 4.74 Å². The third-order valence-corrected chi connectivity index (χ3v) is 4.37. The fraction of sp³-hybridized carbons (Fsp3) is 1.00. The molecule has 0 bridgehead atoms. The minimum atomic E-state index is -0.0184. The van der Waals surface area contributed by atoms with Gasteiger partial charge in [-0.15, -0.1) is 0 Å². The van der Waals surface area contributed by atoms with Crippen LogP contribution in [0.25, 0.3) is 0 Å². The Balaban J connectivity index is 2.04. The Hall–Kier alpha value is -0.120. The largest absolute Gasteiger partial charge is 0.379 e. The Morgan fingerprint density at radius 2 is 1.95 bits per heavy atom. The van der Waals surface area contributed by atoms with Gasteiger partial charge in [-0.3, -0.25) is 0 Å². The smallest absolute Gasteiger partial charge is 0.0637 e. The molecule has 1 atom stereocenters. The van der Waals surface area contributed by atoms with Gasteiger partial charge in [-0.1, -0.05) is 6.92 Å². The molecule has 0 amide bonds. The second kappa shape index (κ2) is 8.23. The van der Waals surface area contributed by atoms with Crippen molar-refractivity contribution in [2.45, 2.75) is 65.0 Å². The van der Waals surface area contributed by atoms with Crippen molar-refractivity contribution in [3.05, 3.63) is 0 Å². The van der Waals surface area contributed by atoms with E-state index in [2.05, 4.69) is 37.9 Å². The van der Waals surface area contributed by atoms with Crippen LogP contribution < -0.4 is 5.32 Å². The Labute approximate surface area is 120 Å². The zero-order valence-corrected chi connectivity index (χ0v) is 13.7. The van der Waals surface area contributed by atoms with Crippen molar-refractivity contribution in [1.82, 2.24) is 10.2 Å². The molecule has 0 aliphatic carbocycles. The summed E-state index contributed by atoms with van der Waals surface area (Å²) in [4.78, 5) is 2.62. The summed E-state index contributed by atoms with van der Waals surface area (Å²) >= 11 is 0. The van der Waals surface area contributed by atoms with Gasteiger partial charge in [0.25, 0.3) is 0 Å². The number of nitrogens with zero attached hydrogens (tertiary/aromatic N) is 1. The molecular weight excluding hydrogens is 236 g/mol. The molecule has 1 unspecified atom stereocenters. The average molecular weight is 270 g/mol. The predicted molar refractivity (Wildman–Crippen MR) is 82.6 cm³/mol. The van der Waals surface area contributed by atoms with Crippen LogP contribution in [0.2, 0.25) is 0 Å². The molecule has 3 nitrogen and oxygen atoms in total. The van der Waals surface area contributed by atoms with Crippen LogP contribution in [0, 0.1) is 5.92 Å². The zero-order valence-electron chi connectivity index (χ0n) is 13.7. The Kier molecular flexibility index (Phi) is 7.33. The van der Waals surface area contributed by atoms with E-state index in [-0.39, 0.29) is 5.60 Å². The van der Waals surface area contributed by atoms with Gasteiger partial charge in [-0.25, -0.2) is 0 Å². The van der Waals surface area contributed by atoms with Crippen LogP contribution in [0.3, 0.4) is 0 Å². The van der Waals surface area contributed by atoms with Crippen LogP contribution in [-0.2, 0) is 4.74 Å². The molecule has 1 rings (SSSR count). The number of methoxy groups -OCH3 is 1. The first-order valence-corrected chi connectivity index (χ1v) is 7.94. The van der Waals surface area contributed by atoms with Gasteiger partial charge in [0.05, 0.1) is 5.60 Å². The van der Waals surface area contributed by atoms with Crippen molar-refractivity contribution >= 4 is 0 Å². The summed E-state index contributed by atoms with van der Waals surface area (Å²) in [6, 6.07) is 0.524. The standard InChI is InChI=1S/C16H34N2O/c1-14-7-11-18(12-8-14)10-6-9-17-15(2)13-16(3,4)19-5/h14-15,17H,6-13H2,1-5H3. The van der Waals surface area contributed by atoms with Crippen molar-refractivity contribution in [2.24, 2.45) is 5.92 Å². The van der Waals surface area contributed by atoms with E-state index in [9.17, 15) is 0 Å². The lowest BCUT2D eigenvalue weighted by Crippen LogP contribution is -2.38. The molecule has 19 heavy (non-hydrogen) atoms. The number of ether oxygens (including phenoxy) is 1. The van der Waals surface area contributed by atoms with Crippen molar-refractivity contribution in [1.29, 1.82) is 0 Å². The molecule has 1 aliphatic heterocycles. The summed E-state index contributed by atoms with van der Waals surface area (Å²) in [5, 5.41) is 3.61. The maximum atomic E-state index is 5.47. The summed E-state index contributed by atoms with van der Waals surface area (Å²) in [6.45, 7) is 13.9. The molecular formula is C16H34N2O. The maximum absolute atomic E-state index is 5.47. The topological polar surface area (TPSA) is 24.5 Å². The molecule has 114 valence electrons. The molecule has 0 aromatic carbocycles. The number of likely N-dealkylation sites (tertiary alicyclic amines) is 1. The van der Waals surface area contributed by atoms with Crippen molar-refractivity contribution in [3.8, 4) is 0 Å². The molecule has 0 saturated carbocycles. The Morgan fingerprint density at radius 1 is 1.32 bits per heavy atom. The fourth-order valence-electron chi connectivity index (χ4n) is 2.83. The molecule has 0 spiro atoms. The van der Waals surface area contributed by atoms with Crippen LogP contribution in [0.1, 0.15) is 53.4 Å². The highest BCUT2D eigenvalue weighted by atomic mass is 16.5. The van der Waals surface area contributed by atoms with E-state index >= 15 is 0 Å². The minimum Gasteiger partial charge on any atom is -0.379 e. The quantitative estimate of drug-likeness (QED) is 0.686. The summed E-state index contributed by atoms with van der Waals surface area (Å²) < 4.78 is 5.47. The van der Waals surface area contributed by atoms with Gasteiger partial charge < -0.3 is 15.0 Å². The third kappa shape index (κ3) is 7.28. The highest BCUT2D eigenvalue weighted by molar-refractivity contribution is 4.75. The summed E-state index contributed by atoms with van der Waals surface area (Å²) in [5.41, 5.74) is -0.0184. The van der Waals surface area contributed by atoms with E-state index in [1.54, 1.807) is 7.11 Å². The normalized spacial score (nSPS) is 20.7. The Bertz CT molecular complexity index is 235. The second-order valence-electron chi connectivity index (χ2n) is 6.90. The maximum Gasteiger partial charge on any atom is 0.0637 e. The first-order valence-electron chi connectivity index (χ1n) is 7.94. The number of piperidine rings is 1. The number of hydrogen-bond donors (Lipinski definition) is 1. The fourth-order valence-corrected chi connectivity index (χ4v) is 2.83. The first kappa shape index (κ1) is 16.9. The van der Waals surface area contributed by atoms with Gasteiger partial charge in [0.15, 0.2) is 0 Å². The average Bonchev–Trinajstić information content (AvgIpc) is 2.36. The van der Waals surface area contributed by atoms with Crippen LogP contribution in [0.5, 0.6) is 0 Å². The molecule has 0 aromatic rings. The minimum absolute atomic E-state index is 0.0184. The van der Waals surface area contributed by atoms with Gasteiger partial charge >= 0.3 is 0 Å². The molecule has 3 heteroatoms. The van der Waals surface area contributed by atoms with Crippen molar-refractivity contribution < 1.29 is 4.74 Å². The zero-order chi connectivity index (χ0) is 14.3. The Morgan fingerprint density at radius 3 is 2.53 bits per heavy atom.